The number of rotatable bonds is 2. The average Bonchev–Trinajstić information content (AvgIpc) is 2.26. The standard InChI is InChI=1S/C10H8F3NO4/c1-2-7-6(8(15)18-9(16)17)3-5(4-14-7)10(11,12)13/h3-4H,2H2,1H3,(H,16,17). The van der Waals surface area contributed by atoms with Crippen molar-refractivity contribution in [1.29, 1.82) is 0 Å². The fourth-order valence-electron chi connectivity index (χ4n) is 1.24. The van der Waals surface area contributed by atoms with Gasteiger partial charge in [0.15, 0.2) is 0 Å². The van der Waals surface area contributed by atoms with Crippen LogP contribution in [0.2, 0.25) is 0 Å². The minimum absolute atomic E-state index is 0.0363. The zero-order chi connectivity index (χ0) is 13.9. The molecule has 1 aromatic rings. The molecule has 1 rings (SSSR count). The molecule has 0 aliphatic rings. The monoisotopic (exact) mass is 263 g/mol. The molecule has 1 aromatic heterocycles. The summed E-state index contributed by atoms with van der Waals surface area (Å²) >= 11 is 0. The van der Waals surface area contributed by atoms with Gasteiger partial charge in [0.25, 0.3) is 0 Å². The third-order valence-corrected chi connectivity index (χ3v) is 2.03. The van der Waals surface area contributed by atoms with E-state index in [1.807, 2.05) is 0 Å². The van der Waals surface area contributed by atoms with Crippen molar-refractivity contribution >= 4 is 12.1 Å². The van der Waals surface area contributed by atoms with E-state index in [-0.39, 0.29) is 12.1 Å². The summed E-state index contributed by atoms with van der Waals surface area (Å²) in [5.74, 6) is -1.38. The van der Waals surface area contributed by atoms with Gasteiger partial charge in [0.05, 0.1) is 16.8 Å². The summed E-state index contributed by atoms with van der Waals surface area (Å²) in [6, 6.07) is 0.525. The first-order valence-electron chi connectivity index (χ1n) is 4.77. The molecule has 0 amide bonds. The SMILES string of the molecule is CCc1ncc(C(F)(F)F)cc1C(=O)OC(=O)O. The van der Waals surface area contributed by atoms with Crippen molar-refractivity contribution in [1.82, 2.24) is 4.98 Å². The molecule has 5 nitrogen and oxygen atoms in total. The van der Waals surface area contributed by atoms with Gasteiger partial charge in [-0.3, -0.25) is 4.98 Å². The van der Waals surface area contributed by atoms with Crippen LogP contribution in [0.5, 0.6) is 0 Å². The molecule has 0 bridgehead atoms. The number of pyridine rings is 1. The summed E-state index contributed by atoms with van der Waals surface area (Å²) < 4.78 is 41.1. The van der Waals surface area contributed by atoms with E-state index in [0.29, 0.717) is 12.3 Å². The zero-order valence-electron chi connectivity index (χ0n) is 9.11. The van der Waals surface area contributed by atoms with Gasteiger partial charge < -0.3 is 9.84 Å². The normalized spacial score (nSPS) is 11.1. The Morgan fingerprint density at radius 1 is 1.44 bits per heavy atom. The lowest BCUT2D eigenvalue weighted by molar-refractivity contribution is -0.137. The minimum Gasteiger partial charge on any atom is -0.449 e. The Labute approximate surface area is 99.2 Å². The van der Waals surface area contributed by atoms with E-state index in [4.69, 9.17) is 5.11 Å². The van der Waals surface area contributed by atoms with Crippen molar-refractivity contribution in [2.75, 3.05) is 0 Å². The number of ether oxygens (including phenoxy) is 1. The highest BCUT2D eigenvalue weighted by Crippen LogP contribution is 2.30. The Morgan fingerprint density at radius 3 is 2.50 bits per heavy atom. The summed E-state index contributed by atoms with van der Waals surface area (Å²) in [5.41, 5.74) is -1.61. The molecular weight excluding hydrogens is 255 g/mol. The molecular formula is C10H8F3NO4. The number of hydrogen-bond acceptors (Lipinski definition) is 4. The first-order valence-corrected chi connectivity index (χ1v) is 4.77. The van der Waals surface area contributed by atoms with E-state index in [1.165, 1.54) is 0 Å². The number of alkyl halides is 3. The van der Waals surface area contributed by atoms with Crippen molar-refractivity contribution in [2.45, 2.75) is 19.5 Å². The van der Waals surface area contributed by atoms with Gasteiger partial charge in [0.1, 0.15) is 0 Å². The van der Waals surface area contributed by atoms with Crippen LogP contribution in [-0.2, 0) is 17.3 Å². The third kappa shape index (κ3) is 3.19. The number of carbonyl (C=O) groups is 2. The van der Waals surface area contributed by atoms with Gasteiger partial charge in [-0.2, -0.15) is 13.2 Å². The van der Waals surface area contributed by atoms with Gasteiger partial charge in [-0.05, 0) is 12.5 Å². The molecule has 1 N–H and O–H groups in total. The van der Waals surface area contributed by atoms with Crippen LogP contribution in [-0.4, -0.2) is 22.2 Å². The number of esters is 1. The maximum atomic E-state index is 12.4. The highest BCUT2D eigenvalue weighted by atomic mass is 19.4. The van der Waals surface area contributed by atoms with E-state index < -0.39 is 29.4 Å². The summed E-state index contributed by atoms with van der Waals surface area (Å²) in [7, 11) is 0. The van der Waals surface area contributed by atoms with Crippen molar-refractivity contribution < 1.29 is 32.6 Å². The maximum absolute atomic E-state index is 12.4. The van der Waals surface area contributed by atoms with E-state index in [0.717, 1.165) is 0 Å². The Balaban J connectivity index is 3.22. The van der Waals surface area contributed by atoms with Gasteiger partial charge in [-0.15, -0.1) is 0 Å². The molecule has 0 aromatic carbocycles. The maximum Gasteiger partial charge on any atom is 0.513 e. The van der Waals surface area contributed by atoms with Crippen LogP contribution in [0.1, 0.15) is 28.5 Å². The van der Waals surface area contributed by atoms with Crippen LogP contribution in [0.25, 0.3) is 0 Å². The highest BCUT2D eigenvalue weighted by Gasteiger charge is 2.32. The molecule has 0 radical (unpaired) electrons. The fourth-order valence-corrected chi connectivity index (χ4v) is 1.24. The number of halogens is 3. The summed E-state index contributed by atoms with van der Waals surface area (Å²) in [6.07, 6.45) is -5.81. The van der Waals surface area contributed by atoms with E-state index in [2.05, 4.69) is 9.72 Å². The van der Waals surface area contributed by atoms with Gasteiger partial charge >= 0.3 is 18.3 Å². The van der Waals surface area contributed by atoms with Crippen molar-refractivity contribution in [3.05, 3.63) is 29.1 Å². The van der Waals surface area contributed by atoms with Crippen molar-refractivity contribution in [3.8, 4) is 0 Å². The van der Waals surface area contributed by atoms with Crippen LogP contribution in [0, 0.1) is 0 Å². The lowest BCUT2D eigenvalue weighted by Crippen LogP contribution is -2.15. The largest absolute Gasteiger partial charge is 0.513 e. The van der Waals surface area contributed by atoms with Crippen LogP contribution in [0.15, 0.2) is 12.3 Å². The third-order valence-electron chi connectivity index (χ3n) is 2.03. The Hall–Kier alpha value is -2.12. The molecule has 1 heterocycles. The van der Waals surface area contributed by atoms with Crippen LogP contribution in [0.3, 0.4) is 0 Å². The minimum atomic E-state index is -4.67. The molecule has 0 saturated carbocycles. The Morgan fingerprint density at radius 2 is 2.06 bits per heavy atom. The van der Waals surface area contributed by atoms with Gasteiger partial charge in [0.2, 0.25) is 0 Å². The van der Waals surface area contributed by atoms with Gasteiger partial charge in [-0.1, -0.05) is 6.92 Å². The molecule has 0 spiro atoms. The summed E-state index contributed by atoms with van der Waals surface area (Å²) in [5, 5.41) is 8.25. The zero-order valence-corrected chi connectivity index (χ0v) is 9.11. The highest BCUT2D eigenvalue weighted by molar-refractivity contribution is 5.96. The number of nitrogens with zero attached hydrogens (tertiary/aromatic N) is 1. The summed E-state index contributed by atoms with van der Waals surface area (Å²) in [6.45, 7) is 1.56. The first-order chi connectivity index (χ1) is 8.25. The first kappa shape index (κ1) is 13.9. The van der Waals surface area contributed by atoms with Crippen molar-refractivity contribution in [3.63, 3.8) is 0 Å². The van der Waals surface area contributed by atoms with E-state index >= 15 is 0 Å². The Bertz CT molecular complexity index is 485. The quantitative estimate of drug-likeness (QED) is 0.655. The second-order valence-electron chi connectivity index (χ2n) is 3.22. The number of carboxylic acid groups (broad SMARTS) is 1. The predicted octanol–water partition coefficient (Wildman–Crippen LogP) is 2.50. The van der Waals surface area contributed by atoms with Crippen LogP contribution < -0.4 is 0 Å². The molecule has 0 unspecified atom stereocenters. The lowest BCUT2D eigenvalue weighted by Gasteiger charge is -2.10. The molecule has 0 fully saturated rings. The second kappa shape index (κ2) is 5.03. The predicted molar refractivity (Wildman–Crippen MR) is 52.1 cm³/mol. The Kier molecular flexibility index (Phi) is 3.89. The topological polar surface area (TPSA) is 76.5 Å². The fraction of sp³-hybridized carbons (Fsp3) is 0.300. The molecule has 0 atom stereocenters. The van der Waals surface area contributed by atoms with Gasteiger partial charge in [-0.25, -0.2) is 9.59 Å². The molecule has 0 aliphatic carbocycles. The van der Waals surface area contributed by atoms with E-state index in [9.17, 15) is 22.8 Å². The number of hydrogen-bond donors (Lipinski definition) is 1. The average molecular weight is 263 g/mol. The molecule has 98 valence electrons. The van der Waals surface area contributed by atoms with Gasteiger partial charge in [0, 0.05) is 6.20 Å². The van der Waals surface area contributed by atoms with Crippen LogP contribution >= 0.6 is 0 Å². The van der Waals surface area contributed by atoms with E-state index in [1.54, 1.807) is 6.92 Å². The van der Waals surface area contributed by atoms with Crippen molar-refractivity contribution in [2.24, 2.45) is 0 Å². The number of carbonyl (C=O) groups excluding carboxylic acids is 1. The molecule has 8 heteroatoms. The number of aryl methyl sites for hydroxylation is 1. The number of aromatic nitrogens is 1. The smallest absolute Gasteiger partial charge is 0.449 e. The lowest BCUT2D eigenvalue weighted by atomic mass is 10.1. The second-order valence-corrected chi connectivity index (χ2v) is 3.22. The van der Waals surface area contributed by atoms with Crippen LogP contribution in [0.4, 0.5) is 18.0 Å². The summed E-state index contributed by atoms with van der Waals surface area (Å²) in [4.78, 5) is 25.0. The molecule has 0 saturated heterocycles. The molecule has 0 aliphatic heterocycles. The molecule has 18 heavy (non-hydrogen) atoms.